The molecule has 27 N–H and O–H groups in total. The molecule has 0 aromatic carbocycles. The first kappa shape index (κ1) is 90.2. The summed E-state index contributed by atoms with van der Waals surface area (Å²) in [5.74, 6) is -3.59. The molecule has 0 aromatic heterocycles. The Balaban J connectivity index is 1.08. The molecule has 636 valence electrons. The van der Waals surface area contributed by atoms with Gasteiger partial charge < -0.3 is 219 Å². The van der Waals surface area contributed by atoms with E-state index in [4.69, 9.17) is 80.5 Å². The number of nitrogens with one attached hydrogen (secondary N) is 4. The molecule has 0 unspecified atom stereocenters. The van der Waals surface area contributed by atoms with Gasteiger partial charge in [0, 0.05) is 27.7 Å². The topological polar surface area (TPSA) is 739 Å². The first-order valence-corrected chi connectivity index (χ1v) is 35.3. The molecule has 48 nitrogen and oxygen atoms in total. The Hall–Kier alpha value is -3.72. The second-order valence-corrected chi connectivity index (χ2v) is 28.2. The van der Waals surface area contributed by atoms with Crippen molar-refractivity contribution < 1.29 is 217 Å². The highest BCUT2D eigenvalue weighted by molar-refractivity contribution is 5.74. The average Bonchev–Trinajstić information content (AvgIpc) is 0.764. The molecule has 9 heterocycles. The molecule has 110 heavy (non-hydrogen) atoms. The van der Waals surface area contributed by atoms with Crippen LogP contribution in [0.1, 0.15) is 41.5 Å². The van der Waals surface area contributed by atoms with E-state index in [9.17, 15) is 137 Å². The zero-order valence-corrected chi connectivity index (χ0v) is 59.8. The normalized spacial score (nSPS) is 49.6. The molecule has 0 saturated carbocycles. The predicted molar refractivity (Wildman–Crippen MR) is 341 cm³/mol. The van der Waals surface area contributed by atoms with Gasteiger partial charge in [0.1, 0.15) is 207 Å². The fraction of sp³-hybridized carbons (Fsp3) is 0.935. The Morgan fingerprint density at radius 3 is 1.05 bits per heavy atom. The van der Waals surface area contributed by atoms with Crippen molar-refractivity contribution in [2.75, 3.05) is 46.2 Å². The summed E-state index contributed by atoms with van der Waals surface area (Å²) in [5, 5.41) is 266. The molecule has 45 atom stereocenters. The summed E-state index contributed by atoms with van der Waals surface area (Å²) < 4.78 is 102. The molecule has 0 aliphatic carbocycles. The molecular formula is C62H104N4O44. The van der Waals surface area contributed by atoms with Crippen molar-refractivity contribution in [2.24, 2.45) is 0 Å². The van der Waals surface area contributed by atoms with E-state index in [1.54, 1.807) is 0 Å². The van der Waals surface area contributed by atoms with Gasteiger partial charge in [-0.1, -0.05) is 0 Å². The number of carbonyl (C=O) groups is 4. The molecule has 9 rings (SSSR count). The fourth-order valence-electron chi connectivity index (χ4n) is 14.2. The van der Waals surface area contributed by atoms with Crippen LogP contribution < -0.4 is 21.3 Å². The minimum absolute atomic E-state index is 0.837. The number of hydrogen-bond acceptors (Lipinski definition) is 44. The van der Waals surface area contributed by atoms with Crippen molar-refractivity contribution in [1.82, 2.24) is 21.3 Å². The maximum Gasteiger partial charge on any atom is 0.217 e. The standard InChI is InChI=1S/C62H104N4O44/c1-14-31(76)41(86)45(90)58(96-14)94-13-26-49(50(30(54(93)98-26)66-19(6)75)107-59-46(91)42(87)32(77)15(2)97-59)106-57-29(65-18(5)74)40(85)48(24(11-71)103-57)105-60-47(92)51(108-62-53(44(89)36(81)23(10-70)102-62)110-56-28(64-17(4)73)39(84)34(79)21(8-68)100-56)37(82)25(104-60)12-95-61-52(43(88)35(80)22(9-69)101-61)109-55-27(63-16(3)72)38(83)33(78)20(7-67)99-55/h14-15,20-62,67-71,76-93H,7-13H2,1-6H3,(H,63,72)(H,64,73)(H,65,74)(H,66,75)/t14-,15-,20-,21-,22-,23-,24-,25-,26-,27-,28-,29-,30-,31+,32+,33-,34-,35-,36-,37-,38-,39-,40-,41+,42+,43+,44+,45-,46-,47+,48-,49-,50-,51+,52+,53+,54-,55+,56+,57+,58+,59-,60+,61+,62-/m1/s1. The highest BCUT2D eigenvalue weighted by atomic mass is 16.8. The van der Waals surface area contributed by atoms with Crippen LogP contribution in [0.15, 0.2) is 0 Å². The summed E-state index contributed by atoms with van der Waals surface area (Å²) in [4.78, 5) is 51.3. The molecule has 48 heteroatoms. The second-order valence-electron chi connectivity index (χ2n) is 28.2. The van der Waals surface area contributed by atoms with Crippen molar-refractivity contribution in [3.8, 4) is 0 Å². The van der Waals surface area contributed by atoms with Gasteiger partial charge in [-0.05, 0) is 13.8 Å². The molecule has 0 bridgehead atoms. The van der Waals surface area contributed by atoms with E-state index in [1.165, 1.54) is 13.8 Å². The third kappa shape index (κ3) is 19.9. The van der Waals surface area contributed by atoms with Crippen LogP contribution in [-0.4, -0.2) is 463 Å². The van der Waals surface area contributed by atoms with Crippen LogP contribution >= 0.6 is 0 Å². The van der Waals surface area contributed by atoms with Crippen LogP contribution in [0.25, 0.3) is 0 Å². The van der Waals surface area contributed by atoms with Crippen LogP contribution in [0.2, 0.25) is 0 Å². The molecule has 0 spiro atoms. The van der Waals surface area contributed by atoms with E-state index >= 15 is 0 Å². The molecule has 9 fully saturated rings. The van der Waals surface area contributed by atoms with Gasteiger partial charge in [-0.15, -0.1) is 0 Å². The smallest absolute Gasteiger partial charge is 0.217 e. The molecule has 0 radical (unpaired) electrons. The molecule has 9 saturated heterocycles. The van der Waals surface area contributed by atoms with Gasteiger partial charge in [-0.25, -0.2) is 0 Å². The van der Waals surface area contributed by atoms with Gasteiger partial charge in [0.15, 0.2) is 56.6 Å². The zero-order valence-electron chi connectivity index (χ0n) is 59.8. The van der Waals surface area contributed by atoms with Crippen LogP contribution in [0.4, 0.5) is 0 Å². The predicted octanol–water partition coefficient (Wildman–Crippen LogP) is -18.0. The van der Waals surface area contributed by atoms with Crippen molar-refractivity contribution in [1.29, 1.82) is 0 Å². The largest absolute Gasteiger partial charge is 0.394 e. The molecular weight excluding hydrogens is 1500 g/mol. The Morgan fingerprint density at radius 1 is 0.255 bits per heavy atom. The van der Waals surface area contributed by atoms with Gasteiger partial charge in [0.25, 0.3) is 0 Å². The van der Waals surface area contributed by atoms with E-state index in [1.807, 2.05) is 0 Å². The van der Waals surface area contributed by atoms with Crippen LogP contribution in [0, 0.1) is 0 Å². The number of aliphatic hydroxyl groups excluding tert-OH is 23. The van der Waals surface area contributed by atoms with Gasteiger partial charge in [0.05, 0.1) is 58.5 Å². The van der Waals surface area contributed by atoms with Crippen LogP contribution in [0.5, 0.6) is 0 Å². The molecule has 0 aromatic rings. The van der Waals surface area contributed by atoms with E-state index < -0.39 is 346 Å². The van der Waals surface area contributed by atoms with Gasteiger partial charge in [-0.2, -0.15) is 0 Å². The number of hydrogen-bond donors (Lipinski definition) is 27. The maximum atomic E-state index is 13.4. The number of aliphatic hydroxyl groups is 23. The number of ether oxygens (including phenoxy) is 17. The molecule has 9 aliphatic heterocycles. The maximum absolute atomic E-state index is 13.4. The van der Waals surface area contributed by atoms with Crippen molar-refractivity contribution in [3.05, 3.63) is 0 Å². The SMILES string of the molecule is CC(=O)N[C@@H]1[C@@H](O[C@H]2O[C@H](C)[C@H](O)[C@H](O)[C@H]2O)[C@H](O[C@@H]2O[C@H](CO)[C@@H](O[C@@H]3O[C@H](CO[C@H]4O[C@H](CO)[C@@H](O)[C@H](O)[C@@H]4O[C@@H]4O[C@H](CO)[C@@H](O)[C@H](O)[C@H]4NC(C)=O)[C@@H](O)[C@H](O[C@H]4O[C@H](CO)[C@@H](O)[C@H](O)[C@@H]4O[C@@H]4O[C@H](CO)[C@@H](O)[C@H](O)[C@H]4NC(C)=O)[C@@H]3O)[C@H](O)[C@H]2NC(C)=O)[C@@H](CO[C@H]2O[C@H](C)[C@H](O)[C@H](O)[C@H]2O)O[C@H]1O. The summed E-state index contributed by atoms with van der Waals surface area (Å²) >= 11 is 0. The molecule has 9 aliphatic rings. The monoisotopic (exact) mass is 1610 g/mol. The quantitative estimate of drug-likeness (QED) is 0.0363. The van der Waals surface area contributed by atoms with Gasteiger partial charge in [0.2, 0.25) is 23.6 Å². The third-order valence-electron chi connectivity index (χ3n) is 20.3. The van der Waals surface area contributed by atoms with Gasteiger partial charge in [-0.3, -0.25) is 19.2 Å². The second kappa shape index (κ2) is 39.0. The van der Waals surface area contributed by atoms with Crippen LogP contribution in [0.3, 0.4) is 0 Å². The first-order chi connectivity index (χ1) is 51.9. The van der Waals surface area contributed by atoms with E-state index in [0.717, 1.165) is 27.7 Å². The van der Waals surface area contributed by atoms with E-state index in [-0.39, 0.29) is 0 Å². The van der Waals surface area contributed by atoms with E-state index in [0.29, 0.717) is 0 Å². The summed E-state index contributed by atoms with van der Waals surface area (Å²) in [6.45, 7) is -1.05. The lowest BCUT2D eigenvalue weighted by Gasteiger charge is -2.51. The summed E-state index contributed by atoms with van der Waals surface area (Å²) in [6.07, 6.45) is -82.7. The van der Waals surface area contributed by atoms with E-state index in [2.05, 4.69) is 21.3 Å². The number of carbonyl (C=O) groups excluding carboxylic acids is 4. The summed E-state index contributed by atoms with van der Waals surface area (Å²) in [6, 6.07) is -7.39. The lowest BCUT2D eigenvalue weighted by Crippen LogP contribution is -2.71. The molecule has 4 amide bonds. The highest BCUT2D eigenvalue weighted by Gasteiger charge is 2.61. The summed E-state index contributed by atoms with van der Waals surface area (Å²) in [5.41, 5.74) is 0. The lowest BCUT2D eigenvalue weighted by molar-refractivity contribution is -0.397. The van der Waals surface area contributed by atoms with Crippen molar-refractivity contribution in [3.63, 3.8) is 0 Å². The zero-order chi connectivity index (χ0) is 81.1. The first-order valence-electron chi connectivity index (χ1n) is 35.3. The Labute approximate surface area is 624 Å². The fourth-order valence-corrected chi connectivity index (χ4v) is 14.2. The Kier molecular flexibility index (Phi) is 32.0. The van der Waals surface area contributed by atoms with Crippen molar-refractivity contribution in [2.45, 2.75) is 318 Å². The van der Waals surface area contributed by atoms with Crippen molar-refractivity contribution >= 4 is 23.6 Å². The minimum Gasteiger partial charge on any atom is -0.394 e. The Morgan fingerprint density at radius 2 is 0.582 bits per heavy atom. The Bertz CT molecular complexity index is 2940. The number of amides is 4. The van der Waals surface area contributed by atoms with Gasteiger partial charge >= 0.3 is 0 Å². The minimum atomic E-state index is -2.56. The average molecular weight is 1610 g/mol. The van der Waals surface area contributed by atoms with Crippen LogP contribution in [-0.2, 0) is 99.7 Å². The highest BCUT2D eigenvalue weighted by Crippen LogP contribution is 2.40. The number of rotatable bonds is 27. The summed E-state index contributed by atoms with van der Waals surface area (Å²) in [7, 11) is 0. The third-order valence-corrected chi connectivity index (χ3v) is 20.3. The lowest BCUT2D eigenvalue weighted by atomic mass is 9.93.